The number of carbonyl (C=O) groups is 3. The van der Waals surface area contributed by atoms with Crippen LogP contribution in [0.1, 0.15) is 24.2 Å². The van der Waals surface area contributed by atoms with Crippen molar-refractivity contribution in [3.05, 3.63) is 52.8 Å². The molecule has 0 spiro atoms. The molecule has 0 unspecified atom stereocenters. The number of hydrogen-bond acceptors (Lipinski definition) is 4. The zero-order valence-electron chi connectivity index (χ0n) is 17.8. The van der Waals surface area contributed by atoms with Gasteiger partial charge in [-0.15, -0.1) is 0 Å². The standard InChI is InChI=1S/C23H24ClFN4O3/c1-12(2)20(26)23(32)28-7-8-29-19(11-28)21(30)27-18-6-3-13(9-16(18)22(29)31)15-5-4-14(24)10-17(15)25/h3-6,9-10,12,19-20H,7-8,11,26H2,1-2H3,(H,27,30)/t19-,20+/m1/s1. The molecule has 2 aromatic carbocycles. The van der Waals surface area contributed by atoms with Gasteiger partial charge in [-0.05, 0) is 41.8 Å². The van der Waals surface area contributed by atoms with E-state index in [0.29, 0.717) is 16.8 Å². The predicted octanol–water partition coefficient (Wildman–Crippen LogP) is 2.73. The zero-order valence-corrected chi connectivity index (χ0v) is 18.5. The number of nitrogens with two attached hydrogens (primary N) is 1. The molecular weight excluding hydrogens is 435 g/mol. The van der Waals surface area contributed by atoms with Gasteiger partial charge in [0.25, 0.3) is 5.91 Å². The molecule has 3 N–H and O–H groups in total. The van der Waals surface area contributed by atoms with Crippen LogP contribution in [0.2, 0.25) is 5.02 Å². The van der Waals surface area contributed by atoms with Gasteiger partial charge < -0.3 is 20.9 Å². The van der Waals surface area contributed by atoms with Crippen LogP contribution in [0, 0.1) is 11.7 Å². The van der Waals surface area contributed by atoms with Crippen LogP contribution in [0.25, 0.3) is 11.1 Å². The summed E-state index contributed by atoms with van der Waals surface area (Å²) in [7, 11) is 0. The first-order chi connectivity index (χ1) is 15.2. The Hall–Kier alpha value is -2.97. The van der Waals surface area contributed by atoms with Gasteiger partial charge in [-0.1, -0.05) is 31.5 Å². The molecule has 2 aliphatic heterocycles. The van der Waals surface area contributed by atoms with E-state index in [2.05, 4.69) is 5.32 Å². The summed E-state index contributed by atoms with van der Waals surface area (Å²) < 4.78 is 14.4. The molecule has 1 saturated heterocycles. The molecule has 4 rings (SSSR count). The van der Waals surface area contributed by atoms with Crippen molar-refractivity contribution in [1.29, 1.82) is 0 Å². The SMILES string of the molecule is CC(C)[C@H](N)C(=O)N1CCN2C(=O)c3cc(-c4ccc(Cl)cc4F)ccc3NC(=O)[C@H]2C1. The second-order valence-electron chi connectivity index (χ2n) is 8.44. The number of rotatable bonds is 3. The fourth-order valence-corrected chi connectivity index (χ4v) is 4.20. The van der Waals surface area contributed by atoms with Crippen molar-refractivity contribution in [2.45, 2.75) is 25.9 Å². The minimum atomic E-state index is -0.831. The Morgan fingerprint density at radius 2 is 1.91 bits per heavy atom. The highest BCUT2D eigenvalue weighted by Crippen LogP contribution is 2.32. The summed E-state index contributed by atoms with van der Waals surface area (Å²) in [5.74, 6) is -1.50. The van der Waals surface area contributed by atoms with Crippen molar-refractivity contribution in [1.82, 2.24) is 9.80 Å². The first kappa shape index (κ1) is 22.2. The lowest BCUT2D eigenvalue weighted by atomic mass is 10.0. The van der Waals surface area contributed by atoms with Gasteiger partial charge in [-0.2, -0.15) is 0 Å². The maximum absolute atomic E-state index is 14.4. The summed E-state index contributed by atoms with van der Waals surface area (Å²) >= 11 is 5.84. The summed E-state index contributed by atoms with van der Waals surface area (Å²) in [5, 5.41) is 3.06. The van der Waals surface area contributed by atoms with Gasteiger partial charge in [0.1, 0.15) is 11.9 Å². The number of carbonyl (C=O) groups excluding carboxylic acids is 3. The van der Waals surface area contributed by atoms with E-state index in [9.17, 15) is 18.8 Å². The van der Waals surface area contributed by atoms with Gasteiger partial charge >= 0.3 is 0 Å². The quantitative estimate of drug-likeness (QED) is 0.739. The first-order valence-corrected chi connectivity index (χ1v) is 10.8. The molecule has 9 heteroatoms. The Balaban J connectivity index is 1.64. The van der Waals surface area contributed by atoms with Crippen LogP contribution in [0.5, 0.6) is 0 Å². The maximum Gasteiger partial charge on any atom is 0.256 e. The Kier molecular flexibility index (Phi) is 5.92. The number of nitrogens with zero attached hydrogens (tertiary/aromatic N) is 2. The van der Waals surface area contributed by atoms with Crippen molar-refractivity contribution in [2.24, 2.45) is 11.7 Å². The van der Waals surface area contributed by atoms with Crippen molar-refractivity contribution >= 4 is 35.0 Å². The molecular formula is C23H24ClFN4O3. The number of nitrogens with one attached hydrogen (secondary N) is 1. The Morgan fingerprint density at radius 3 is 2.59 bits per heavy atom. The van der Waals surface area contributed by atoms with E-state index in [1.165, 1.54) is 11.0 Å². The van der Waals surface area contributed by atoms with Crippen LogP contribution in [0.3, 0.4) is 0 Å². The van der Waals surface area contributed by atoms with Gasteiger partial charge in [0, 0.05) is 23.7 Å². The van der Waals surface area contributed by atoms with Crippen LogP contribution < -0.4 is 11.1 Å². The molecule has 3 amide bonds. The van der Waals surface area contributed by atoms with Crippen molar-refractivity contribution in [3.8, 4) is 11.1 Å². The second kappa shape index (κ2) is 8.52. The monoisotopic (exact) mass is 458 g/mol. The lowest BCUT2D eigenvalue weighted by Crippen LogP contribution is -2.61. The molecule has 2 heterocycles. The van der Waals surface area contributed by atoms with Crippen molar-refractivity contribution in [3.63, 3.8) is 0 Å². The minimum Gasteiger partial charge on any atom is -0.337 e. The van der Waals surface area contributed by atoms with E-state index in [-0.39, 0.29) is 53.9 Å². The average molecular weight is 459 g/mol. The van der Waals surface area contributed by atoms with Gasteiger partial charge in [-0.25, -0.2) is 4.39 Å². The van der Waals surface area contributed by atoms with Gasteiger partial charge in [0.05, 0.1) is 23.8 Å². The lowest BCUT2D eigenvalue weighted by molar-refractivity contribution is -0.137. The largest absolute Gasteiger partial charge is 0.337 e. The normalized spacial score (nSPS) is 19.2. The molecule has 0 aromatic heterocycles. The number of amides is 3. The molecule has 0 radical (unpaired) electrons. The summed E-state index contributed by atoms with van der Waals surface area (Å²) in [6.07, 6.45) is 0. The summed E-state index contributed by atoms with van der Waals surface area (Å²) in [4.78, 5) is 42.0. The van der Waals surface area contributed by atoms with E-state index in [1.807, 2.05) is 13.8 Å². The zero-order chi connectivity index (χ0) is 23.2. The number of fused-ring (bicyclic) bond motifs is 2. The fourth-order valence-electron chi connectivity index (χ4n) is 4.04. The Labute approximate surface area is 190 Å². The first-order valence-electron chi connectivity index (χ1n) is 10.4. The topological polar surface area (TPSA) is 95.7 Å². The highest BCUT2D eigenvalue weighted by molar-refractivity contribution is 6.30. The minimum absolute atomic E-state index is 0.0407. The number of halogens is 2. The van der Waals surface area contributed by atoms with Crippen LogP contribution in [-0.2, 0) is 9.59 Å². The van der Waals surface area contributed by atoms with Gasteiger partial charge in [0.2, 0.25) is 11.8 Å². The van der Waals surface area contributed by atoms with E-state index >= 15 is 0 Å². The molecule has 7 nitrogen and oxygen atoms in total. The molecule has 32 heavy (non-hydrogen) atoms. The van der Waals surface area contributed by atoms with Crippen LogP contribution >= 0.6 is 11.6 Å². The summed E-state index contributed by atoms with van der Waals surface area (Å²) in [5.41, 5.74) is 7.42. The molecule has 0 saturated carbocycles. The summed E-state index contributed by atoms with van der Waals surface area (Å²) in [6.45, 7) is 4.28. The third-order valence-electron chi connectivity index (χ3n) is 6.01. The van der Waals surface area contributed by atoms with E-state index in [0.717, 1.165) is 0 Å². The van der Waals surface area contributed by atoms with Crippen molar-refractivity contribution < 1.29 is 18.8 Å². The molecule has 2 aliphatic rings. The second-order valence-corrected chi connectivity index (χ2v) is 8.88. The fraction of sp³-hybridized carbons (Fsp3) is 0.348. The third-order valence-corrected chi connectivity index (χ3v) is 6.24. The maximum atomic E-state index is 14.4. The molecule has 2 aromatic rings. The number of benzene rings is 2. The number of piperazine rings is 1. The Bertz CT molecular complexity index is 1110. The molecule has 2 atom stereocenters. The highest BCUT2D eigenvalue weighted by atomic mass is 35.5. The van der Waals surface area contributed by atoms with Crippen LogP contribution in [0.15, 0.2) is 36.4 Å². The highest BCUT2D eigenvalue weighted by Gasteiger charge is 2.41. The van der Waals surface area contributed by atoms with Gasteiger partial charge in [-0.3, -0.25) is 14.4 Å². The number of anilines is 1. The Morgan fingerprint density at radius 1 is 1.16 bits per heavy atom. The van der Waals surface area contributed by atoms with Crippen LogP contribution in [-0.4, -0.2) is 59.2 Å². The van der Waals surface area contributed by atoms with Crippen LogP contribution in [0.4, 0.5) is 10.1 Å². The smallest absolute Gasteiger partial charge is 0.256 e. The average Bonchev–Trinajstić information content (AvgIpc) is 2.87. The van der Waals surface area contributed by atoms with E-state index in [4.69, 9.17) is 17.3 Å². The molecule has 1 fully saturated rings. The van der Waals surface area contributed by atoms with E-state index in [1.54, 1.807) is 35.2 Å². The van der Waals surface area contributed by atoms with Gasteiger partial charge in [0.15, 0.2) is 0 Å². The lowest BCUT2D eigenvalue weighted by Gasteiger charge is -2.40. The predicted molar refractivity (Wildman–Crippen MR) is 120 cm³/mol. The summed E-state index contributed by atoms with van der Waals surface area (Å²) in [6, 6.07) is 7.63. The van der Waals surface area contributed by atoms with E-state index < -0.39 is 17.9 Å². The molecule has 0 aliphatic carbocycles. The third kappa shape index (κ3) is 3.96. The molecule has 168 valence electrons. The van der Waals surface area contributed by atoms with Crippen molar-refractivity contribution in [2.75, 3.05) is 25.0 Å². The number of hydrogen-bond donors (Lipinski definition) is 2. The molecule has 0 bridgehead atoms.